The molecule has 0 spiro atoms. The third kappa shape index (κ3) is 4.73. The Balaban J connectivity index is 2.08. The number of aliphatic hydroxyl groups excluding tert-OH is 1. The fraction of sp³-hybridized carbons (Fsp3) is 0.333. The topological polar surface area (TPSA) is 29.5 Å². The number of hydrogen-bond donors (Lipinski definition) is 1. The van der Waals surface area contributed by atoms with Crippen molar-refractivity contribution < 1.29 is 23.0 Å². The Labute approximate surface area is 133 Å². The molecule has 0 heterocycles. The minimum Gasteiger partial charge on any atom is -0.489 e. The molecular formula is C18H19F3O2. The maximum Gasteiger partial charge on any atom is 0.416 e. The van der Waals surface area contributed by atoms with Crippen LogP contribution >= 0.6 is 0 Å². The highest BCUT2D eigenvalue weighted by atomic mass is 19.4. The van der Waals surface area contributed by atoms with E-state index in [1.54, 1.807) is 12.1 Å². The zero-order valence-corrected chi connectivity index (χ0v) is 13.0. The Morgan fingerprint density at radius 1 is 1.04 bits per heavy atom. The number of halogens is 3. The molecule has 0 aliphatic heterocycles. The lowest BCUT2D eigenvalue weighted by atomic mass is 9.98. The van der Waals surface area contributed by atoms with Gasteiger partial charge in [0.1, 0.15) is 12.4 Å². The molecule has 0 bridgehead atoms. The summed E-state index contributed by atoms with van der Waals surface area (Å²) in [5.41, 5.74) is 0.823. The van der Waals surface area contributed by atoms with Crippen LogP contribution in [0.1, 0.15) is 36.6 Å². The lowest BCUT2D eigenvalue weighted by Crippen LogP contribution is -2.07. The normalized spacial score (nSPS) is 13.2. The van der Waals surface area contributed by atoms with Gasteiger partial charge in [0.15, 0.2) is 0 Å². The van der Waals surface area contributed by atoms with E-state index in [1.165, 1.54) is 12.1 Å². The van der Waals surface area contributed by atoms with Crippen molar-refractivity contribution in [3.8, 4) is 5.75 Å². The first-order valence-electron chi connectivity index (χ1n) is 7.34. The van der Waals surface area contributed by atoms with Crippen LogP contribution in [0.5, 0.6) is 5.75 Å². The quantitative estimate of drug-likeness (QED) is 0.841. The number of hydrogen-bond acceptors (Lipinski definition) is 2. The summed E-state index contributed by atoms with van der Waals surface area (Å²) in [5.74, 6) is 0.240. The van der Waals surface area contributed by atoms with Gasteiger partial charge in [0.25, 0.3) is 0 Å². The Morgan fingerprint density at radius 2 is 1.74 bits per heavy atom. The van der Waals surface area contributed by atoms with Crippen LogP contribution in [0.25, 0.3) is 0 Å². The van der Waals surface area contributed by atoms with Crippen molar-refractivity contribution in [1.82, 2.24) is 0 Å². The predicted octanol–water partition coefficient (Wildman–Crippen LogP) is 4.97. The van der Waals surface area contributed by atoms with Crippen LogP contribution in [-0.2, 0) is 12.8 Å². The zero-order chi connectivity index (χ0) is 17.0. The van der Waals surface area contributed by atoms with Crippen LogP contribution < -0.4 is 4.74 Å². The minimum absolute atomic E-state index is 0.0784. The summed E-state index contributed by atoms with van der Waals surface area (Å²) in [6, 6.07) is 12.0. The first kappa shape index (κ1) is 17.3. The standard InChI is InChI=1S/C18H19F3O2/c1-12(2)17(22)14-6-3-5-13(9-14)11-23-16-8-4-7-15(10-16)18(19,20)21/h3-10,12,17,22H,11H2,1-2H3. The van der Waals surface area contributed by atoms with E-state index in [9.17, 15) is 18.3 Å². The molecule has 0 aromatic heterocycles. The van der Waals surface area contributed by atoms with Crippen LogP contribution in [0, 0.1) is 5.92 Å². The second kappa shape index (κ2) is 7.04. The van der Waals surface area contributed by atoms with Crippen molar-refractivity contribution in [1.29, 1.82) is 0 Å². The van der Waals surface area contributed by atoms with Crippen molar-refractivity contribution in [3.63, 3.8) is 0 Å². The summed E-state index contributed by atoms with van der Waals surface area (Å²) < 4.78 is 43.4. The molecule has 1 unspecified atom stereocenters. The third-order valence-electron chi connectivity index (χ3n) is 3.49. The molecule has 0 aliphatic carbocycles. The molecule has 0 saturated carbocycles. The molecule has 0 saturated heterocycles. The highest BCUT2D eigenvalue weighted by molar-refractivity contribution is 5.31. The molecule has 23 heavy (non-hydrogen) atoms. The van der Waals surface area contributed by atoms with Gasteiger partial charge in [0.2, 0.25) is 0 Å². The van der Waals surface area contributed by atoms with Crippen molar-refractivity contribution in [2.75, 3.05) is 0 Å². The van der Waals surface area contributed by atoms with Crippen molar-refractivity contribution in [3.05, 3.63) is 65.2 Å². The summed E-state index contributed by atoms with van der Waals surface area (Å²) >= 11 is 0. The van der Waals surface area contributed by atoms with Gasteiger partial charge in [-0.05, 0) is 41.3 Å². The SMILES string of the molecule is CC(C)C(O)c1cccc(COc2cccc(C(F)(F)F)c2)c1. The summed E-state index contributed by atoms with van der Waals surface area (Å²) in [5, 5.41) is 10.1. The van der Waals surface area contributed by atoms with Crippen LogP contribution in [0.3, 0.4) is 0 Å². The van der Waals surface area contributed by atoms with Crippen LogP contribution in [0.4, 0.5) is 13.2 Å². The number of benzene rings is 2. The minimum atomic E-state index is -4.39. The van der Waals surface area contributed by atoms with Crippen molar-refractivity contribution in [2.45, 2.75) is 32.7 Å². The van der Waals surface area contributed by atoms with Gasteiger partial charge in [-0.25, -0.2) is 0 Å². The first-order chi connectivity index (χ1) is 10.8. The van der Waals surface area contributed by atoms with Gasteiger partial charge in [-0.1, -0.05) is 38.1 Å². The van der Waals surface area contributed by atoms with E-state index in [4.69, 9.17) is 4.74 Å². The van der Waals surface area contributed by atoms with E-state index in [-0.39, 0.29) is 18.3 Å². The summed E-state index contributed by atoms with van der Waals surface area (Å²) in [4.78, 5) is 0. The largest absolute Gasteiger partial charge is 0.489 e. The molecule has 1 N–H and O–H groups in total. The molecule has 2 rings (SSSR count). The number of rotatable bonds is 5. The van der Waals surface area contributed by atoms with Gasteiger partial charge < -0.3 is 9.84 Å². The lowest BCUT2D eigenvalue weighted by Gasteiger charge is -2.16. The smallest absolute Gasteiger partial charge is 0.416 e. The second-order valence-electron chi connectivity index (χ2n) is 5.75. The molecule has 0 amide bonds. The molecule has 0 fully saturated rings. The molecule has 2 aromatic rings. The average molecular weight is 324 g/mol. The Bertz CT molecular complexity index is 651. The summed E-state index contributed by atoms with van der Waals surface area (Å²) in [6.45, 7) is 3.97. The zero-order valence-electron chi connectivity index (χ0n) is 13.0. The monoisotopic (exact) mass is 324 g/mol. The van der Waals surface area contributed by atoms with Gasteiger partial charge in [-0.3, -0.25) is 0 Å². The van der Waals surface area contributed by atoms with Crippen LogP contribution in [0.2, 0.25) is 0 Å². The summed E-state index contributed by atoms with van der Waals surface area (Å²) in [6.07, 6.45) is -4.97. The van der Waals surface area contributed by atoms with Gasteiger partial charge in [0.05, 0.1) is 11.7 Å². The molecule has 0 radical (unpaired) electrons. The second-order valence-corrected chi connectivity index (χ2v) is 5.75. The molecule has 124 valence electrons. The molecule has 2 aromatic carbocycles. The van der Waals surface area contributed by atoms with E-state index < -0.39 is 17.8 Å². The van der Waals surface area contributed by atoms with Crippen LogP contribution in [-0.4, -0.2) is 5.11 Å². The molecular weight excluding hydrogens is 305 g/mol. The van der Waals surface area contributed by atoms with Gasteiger partial charge >= 0.3 is 6.18 Å². The Kier molecular flexibility index (Phi) is 5.31. The predicted molar refractivity (Wildman–Crippen MR) is 82.0 cm³/mol. The molecule has 5 heteroatoms. The third-order valence-corrected chi connectivity index (χ3v) is 3.49. The summed E-state index contributed by atoms with van der Waals surface area (Å²) in [7, 11) is 0. The number of ether oxygens (including phenoxy) is 1. The molecule has 2 nitrogen and oxygen atoms in total. The van der Waals surface area contributed by atoms with E-state index >= 15 is 0 Å². The maximum atomic E-state index is 12.7. The molecule has 0 aliphatic rings. The fourth-order valence-corrected chi connectivity index (χ4v) is 2.18. The van der Waals surface area contributed by atoms with Gasteiger partial charge in [0, 0.05) is 0 Å². The maximum absolute atomic E-state index is 12.7. The fourth-order valence-electron chi connectivity index (χ4n) is 2.18. The Morgan fingerprint density at radius 3 is 2.39 bits per heavy atom. The highest BCUT2D eigenvalue weighted by Gasteiger charge is 2.30. The van der Waals surface area contributed by atoms with E-state index in [2.05, 4.69) is 0 Å². The van der Waals surface area contributed by atoms with E-state index in [0.717, 1.165) is 23.3 Å². The van der Waals surface area contributed by atoms with Crippen molar-refractivity contribution >= 4 is 0 Å². The van der Waals surface area contributed by atoms with Crippen LogP contribution in [0.15, 0.2) is 48.5 Å². The van der Waals surface area contributed by atoms with Crippen molar-refractivity contribution in [2.24, 2.45) is 5.92 Å². The van der Waals surface area contributed by atoms with E-state index in [1.807, 2.05) is 26.0 Å². The highest BCUT2D eigenvalue weighted by Crippen LogP contribution is 2.31. The number of alkyl halides is 3. The average Bonchev–Trinajstić information content (AvgIpc) is 2.52. The number of aliphatic hydroxyl groups is 1. The Hall–Kier alpha value is -2.01. The van der Waals surface area contributed by atoms with E-state index in [0.29, 0.717) is 0 Å². The molecule has 1 atom stereocenters. The first-order valence-corrected chi connectivity index (χ1v) is 7.34. The van der Waals surface area contributed by atoms with Gasteiger partial charge in [-0.15, -0.1) is 0 Å². The lowest BCUT2D eigenvalue weighted by molar-refractivity contribution is -0.137. The van der Waals surface area contributed by atoms with Gasteiger partial charge in [-0.2, -0.15) is 13.2 Å².